The Labute approximate surface area is 164 Å². The van der Waals surface area contributed by atoms with Crippen molar-refractivity contribution < 1.29 is 24.2 Å². The molecular formula is C20H22ClNO5. The molecule has 0 saturated carbocycles. The van der Waals surface area contributed by atoms with Gasteiger partial charge in [-0.15, -0.1) is 12.4 Å². The second kappa shape index (κ2) is 9.83. The van der Waals surface area contributed by atoms with E-state index >= 15 is 0 Å². The van der Waals surface area contributed by atoms with Gasteiger partial charge in [-0.3, -0.25) is 9.59 Å². The number of carbonyl (C=O) groups is 2. The number of nitrogens with zero attached hydrogens (tertiary/aromatic N) is 1. The summed E-state index contributed by atoms with van der Waals surface area (Å²) in [4.78, 5) is 24.8. The van der Waals surface area contributed by atoms with Gasteiger partial charge in [-0.1, -0.05) is 42.5 Å². The van der Waals surface area contributed by atoms with Gasteiger partial charge in [-0.05, 0) is 24.1 Å². The molecular weight excluding hydrogens is 370 g/mol. The smallest absolute Gasteiger partial charge is 0.308 e. The van der Waals surface area contributed by atoms with Crippen LogP contribution in [-0.4, -0.2) is 41.6 Å². The Kier molecular flexibility index (Phi) is 7.49. The molecule has 3 rings (SSSR count). The molecule has 2 aromatic rings. The largest absolute Gasteiger partial charge is 0.485 e. The van der Waals surface area contributed by atoms with Crippen LogP contribution in [0.5, 0.6) is 11.5 Å². The van der Waals surface area contributed by atoms with Gasteiger partial charge in [0.25, 0.3) is 5.91 Å². The molecule has 1 fully saturated rings. The van der Waals surface area contributed by atoms with Crippen molar-refractivity contribution in [3.8, 4) is 11.5 Å². The average Bonchev–Trinajstić information content (AvgIpc) is 3.16. The van der Waals surface area contributed by atoms with E-state index in [0.717, 1.165) is 5.56 Å². The standard InChI is InChI=1S/C20H21NO5.ClH/c22-19(21-11-10-16(12-21)20(23)24)14-26-18-9-5-4-8-17(18)25-13-15-6-2-1-3-7-15;/h1-9,16H,10-14H2,(H,23,24);1H. The lowest BCUT2D eigenvalue weighted by Crippen LogP contribution is -2.33. The van der Waals surface area contributed by atoms with Crippen molar-refractivity contribution >= 4 is 24.3 Å². The predicted octanol–water partition coefficient (Wildman–Crippen LogP) is 3.00. The second-order valence-corrected chi connectivity index (χ2v) is 6.17. The Balaban J connectivity index is 0.00000261. The van der Waals surface area contributed by atoms with E-state index in [1.165, 1.54) is 4.90 Å². The first-order valence-electron chi connectivity index (χ1n) is 8.52. The van der Waals surface area contributed by atoms with Crippen molar-refractivity contribution in [2.24, 2.45) is 5.92 Å². The molecule has 1 saturated heterocycles. The average molecular weight is 392 g/mol. The molecule has 1 aliphatic heterocycles. The van der Waals surface area contributed by atoms with Crippen LogP contribution in [0.2, 0.25) is 0 Å². The molecule has 1 aliphatic rings. The minimum atomic E-state index is -0.860. The molecule has 1 heterocycles. The molecule has 0 radical (unpaired) electrons. The van der Waals surface area contributed by atoms with Gasteiger partial charge < -0.3 is 19.5 Å². The monoisotopic (exact) mass is 391 g/mol. The highest BCUT2D eigenvalue weighted by molar-refractivity contribution is 5.85. The van der Waals surface area contributed by atoms with E-state index < -0.39 is 11.9 Å². The lowest BCUT2D eigenvalue weighted by Gasteiger charge is -2.17. The fourth-order valence-electron chi connectivity index (χ4n) is 2.84. The van der Waals surface area contributed by atoms with Crippen LogP contribution in [0, 0.1) is 5.92 Å². The molecule has 0 aliphatic carbocycles. The van der Waals surface area contributed by atoms with Crippen LogP contribution in [0.15, 0.2) is 54.6 Å². The lowest BCUT2D eigenvalue weighted by molar-refractivity contribution is -0.141. The van der Waals surface area contributed by atoms with E-state index in [-0.39, 0.29) is 31.5 Å². The topological polar surface area (TPSA) is 76.1 Å². The highest BCUT2D eigenvalue weighted by Crippen LogP contribution is 2.27. The Morgan fingerprint density at radius 2 is 1.63 bits per heavy atom. The molecule has 6 nitrogen and oxygen atoms in total. The third-order valence-electron chi connectivity index (χ3n) is 4.33. The minimum absolute atomic E-state index is 0. The van der Waals surface area contributed by atoms with Gasteiger partial charge in [-0.2, -0.15) is 0 Å². The van der Waals surface area contributed by atoms with Crippen molar-refractivity contribution in [3.05, 3.63) is 60.2 Å². The summed E-state index contributed by atoms with van der Waals surface area (Å²) in [6, 6.07) is 17.0. The molecule has 27 heavy (non-hydrogen) atoms. The number of likely N-dealkylation sites (tertiary alicyclic amines) is 1. The Morgan fingerprint density at radius 1 is 1.00 bits per heavy atom. The van der Waals surface area contributed by atoms with Crippen LogP contribution in [0.1, 0.15) is 12.0 Å². The summed E-state index contributed by atoms with van der Waals surface area (Å²) < 4.78 is 11.4. The highest BCUT2D eigenvalue weighted by Gasteiger charge is 2.30. The van der Waals surface area contributed by atoms with Crippen LogP contribution >= 0.6 is 12.4 Å². The van der Waals surface area contributed by atoms with E-state index in [9.17, 15) is 9.59 Å². The molecule has 1 N–H and O–H groups in total. The van der Waals surface area contributed by atoms with Gasteiger partial charge in [0.15, 0.2) is 18.1 Å². The van der Waals surface area contributed by atoms with Crippen molar-refractivity contribution in [1.29, 1.82) is 0 Å². The molecule has 144 valence electrons. The summed E-state index contributed by atoms with van der Waals surface area (Å²) in [5, 5.41) is 9.02. The summed E-state index contributed by atoms with van der Waals surface area (Å²) >= 11 is 0. The molecule has 1 amide bonds. The van der Waals surface area contributed by atoms with Crippen molar-refractivity contribution in [1.82, 2.24) is 4.90 Å². The van der Waals surface area contributed by atoms with E-state index in [0.29, 0.717) is 31.1 Å². The Morgan fingerprint density at radius 3 is 2.26 bits per heavy atom. The van der Waals surface area contributed by atoms with Gasteiger partial charge >= 0.3 is 5.97 Å². The van der Waals surface area contributed by atoms with E-state index in [1.54, 1.807) is 12.1 Å². The number of amides is 1. The van der Waals surface area contributed by atoms with Gasteiger partial charge in [0, 0.05) is 13.1 Å². The Hall–Kier alpha value is -2.73. The zero-order valence-electron chi connectivity index (χ0n) is 14.7. The number of para-hydroxylation sites is 2. The van der Waals surface area contributed by atoms with Gasteiger partial charge in [0.1, 0.15) is 6.61 Å². The number of rotatable bonds is 7. The molecule has 0 bridgehead atoms. The van der Waals surface area contributed by atoms with Crippen LogP contribution < -0.4 is 9.47 Å². The zero-order chi connectivity index (χ0) is 18.4. The number of hydrogen-bond donors (Lipinski definition) is 1. The van der Waals surface area contributed by atoms with Gasteiger partial charge in [0.2, 0.25) is 0 Å². The quantitative estimate of drug-likeness (QED) is 0.785. The van der Waals surface area contributed by atoms with Crippen LogP contribution in [0.4, 0.5) is 0 Å². The van der Waals surface area contributed by atoms with Crippen molar-refractivity contribution in [3.63, 3.8) is 0 Å². The predicted molar refractivity (Wildman–Crippen MR) is 102 cm³/mol. The summed E-state index contributed by atoms with van der Waals surface area (Å²) in [7, 11) is 0. The summed E-state index contributed by atoms with van der Waals surface area (Å²) in [5.41, 5.74) is 1.04. The number of carboxylic acids is 1. The van der Waals surface area contributed by atoms with Crippen LogP contribution in [0.25, 0.3) is 0 Å². The summed E-state index contributed by atoms with van der Waals surface area (Å²) in [6.45, 7) is 0.953. The maximum absolute atomic E-state index is 12.2. The summed E-state index contributed by atoms with van der Waals surface area (Å²) in [5.74, 6) is -0.507. The molecule has 7 heteroatoms. The number of carboxylic acid groups (broad SMARTS) is 1. The first-order chi connectivity index (χ1) is 12.6. The fourth-order valence-corrected chi connectivity index (χ4v) is 2.84. The fraction of sp³-hybridized carbons (Fsp3) is 0.300. The van der Waals surface area contributed by atoms with Crippen LogP contribution in [0.3, 0.4) is 0 Å². The first kappa shape index (κ1) is 20.6. The highest BCUT2D eigenvalue weighted by atomic mass is 35.5. The number of hydrogen-bond acceptors (Lipinski definition) is 4. The Bertz CT molecular complexity index is 768. The summed E-state index contributed by atoms with van der Waals surface area (Å²) in [6.07, 6.45) is 0.484. The van der Waals surface area contributed by atoms with E-state index in [2.05, 4.69) is 0 Å². The van der Waals surface area contributed by atoms with E-state index in [1.807, 2.05) is 42.5 Å². The van der Waals surface area contributed by atoms with Crippen molar-refractivity contribution in [2.45, 2.75) is 13.0 Å². The first-order valence-corrected chi connectivity index (χ1v) is 8.52. The third-order valence-corrected chi connectivity index (χ3v) is 4.33. The molecule has 1 unspecified atom stereocenters. The number of halogens is 1. The molecule has 0 spiro atoms. The normalized spacial score (nSPS) is 15.7. The van der Waals surface area contributed by atoms with Gasteiger partial charge in [-0.25, -0.2) is 0 Å². The van der Waals surface area contributed by atoms with Gasteiger partial charge in [0.05, 0.1) is 5.92 Å². The zero-order valence-corrected chi connectivity index (χ0v) is 15.6. The maximum Gasteiger partial charge on any atom is 0.308 e. The van der Waals surface area contributed by atoms with E-state index in [4.69, 9.17) is 14.6 Å². The second-order valence-electron chi connectivity index (χ2n) is 6.17. The lowest BCUT2D eigenvalue weighted by atomic mass is 10.1. The number of ether oxygens (including phenoxy) is 2. The van der Waals surface area contributed by atoms with Crippen molar-refractivity contribution in [2.75, 3.05) is 19.7 Å². The van der Waals surface area contributed by atoms with Crippen LogP contribution in [-0.2, 0) is 16.2 Å². The molecule has 0 aromatic heterocycles. The third kappa shape index (κ3) is 5.62. The maximum atomic E-state index is 12.2. The number of benzene rings is 2. The molecule has 1 atom stereocenters. The SMILES string of the molecule is Cl.O=C(O)C1CCN(C(=O)COc2ccccc2OCc2ccccc2)C1. The number of aliphatic carboxylic acids is 1. The minimum Gasteiger partial charge on any atom is -0.485 e. The molecule has 2 aromatic carbocycles. The number of carbonyl (C=O) groups excluding carboxylic acids is 1.